The zero-order valence-corrected chi connectivity index (χ0v) is 22.9. The Morgan fingerprint density at radius 1 is 0.914 bits per heavy atom. The predicted octanol–water partition coefficient (Wildman–Crippen LogP) is 2.94. The Morgan fingerprint density at radius 2 is 1.51 bits per heavy atom. The summed E-state index contributed by atoms with van der Waals surface area (Å²) >= 11 is 1.24. The minimum absolute atomic E-state index is 0.130. The lowest BCUT2D eigenvalue weighted by Crippen LogP contribution is -2.36. The van der Waals surface area contributed by atoms with Crippen molar-refractivity contribution >= 4 is 52.5 Å². The highest BCUT2D eigenvalue weighted by Gasteiger charge is 2.25. The molecule has 0 saturated carbocycles. The molecule has 190 valence electrons. The first-order chi connectivity index (χ1) is 16.4. The number of sulfonamides is 1. The molecule has 9 nitrogen and oxygen atoms in total. The number of hydrogen-bond donors (Lipinski definition) is 0. The van der Waals surface area contributed by atoms with E-state index in [1.165, 1.54) is 46.0 Å². The number of amides is 1. The van der Waals surface area contributed by atoms with E-state index >= 15 is 0 Å². The Labute approximate surface area is 211 Å². The summed E-state index contributed by atoms with van der Waals surface area (Å²) in [5.74, 6) is -0.318. The third kappa shape index (κ3) is 6.07. The van der Waals surface area contributed by atoms with Crippen molar-refractivity contribution in [1.82, 2.24) is 14.2 Å². The average molecular weight is 539 g/mol. The molecule has 0 unspecified atom stereocenters. The maximum atomic E-state index is 13.5. The highest BCUT2D eigenvalue weighted by atomic mass is 32.2. The number of sulfone groups is 1. The Kier molecular flexibility index (Phi) is 8.32. The van der Waals surface area contributed by atoms with Gasteiger partial charge in [0.25, 0.3) is 5.91 Å². The van der Waals surface area contributed by atoms with Gasteiger partial charge in [0.1, 0.15) is 0 Å². The number of rotatable bonds is 10. The van der Waals surface area contributed by atoms with Crippen LogP contribution in [0.1, 0.15) is 24.2 Å². The van der Waals surface area contributed by atoms with E-state index in [1.54, 1.807) is 30.9 Å². The Morgan fingerprint density at radius 3 is 2.06 bits per heavy atom. The van der Waals surface area contributed by atoms with Gasteiger partial charge in [-0.3, -0.25) is 9.69 Å². The molecular weight excluding hydrogens is 508 g/mol. The fourth-order valence-electron chi connectivity index (χ4n) is 3.46. The van der Waals surface area contributed by atoms with Crippen LogP contribution in [0.15, 0.2) is 52.3 Å². The van der Waals surface area contributed by atoms with Crippen molar-refractivity contribution in [3.8, 4) is 0 Å². The fraction of sp³-hybridized carbons (Fsp3) is 0.391. The van der Waals surface area contributed by atoms with Crippen molar-refractivity contribution < 1.29 is 21.6 Å². The number of benzene rings is 2. The van der Waals surface area contributed by atoms with E-state index in [-0.39, 0.29) is 15.7 Å². The third-order valence-electron chi connectivity index (χ3n) is 5.47. The van der Waals surface area contributed by atoms with E-state index in [4.69, 9.17) is 0 Å². The van der Waals surface area contributed by atoms with Crippen molar-refractivity contribution in [3.05, 3.63) is 48.0 Å². The van der Waals surface area contributed by atoms with Crippen molar-refractivity contribution in [2.75, 3.05) is 51.4 Å². The van der Waals surface area contributed by atoms with E-state index in [9.17, 15) is 21.6 Å². The summed E-state index contributed by atoms with van der Waals surface area (Å²) in [5, 5.41) is 0.442. The van der Waals surface area contributed by atoms with Gasteiger partial charge in [-0.05, 0) is 56.6 Å². The third-order valence-corrected chi connectivity index (χ3v) is 9.68. The van der Waals surface area contributed by atoms with E-state index in [1.807, 2.05) is 19.0 Å². The molecule has 35 heavy (non-hydrogen) atoms. The molecule has 2 aromatic carbocycles. The number of fused-ring (bicyclic) bond motifs is 1. The molecule has 0 N–H and O–H groups in total. The van der Waals surface area contributed by atoms with Crippen LogP contribution in [-0.4, -0.2) is 83.5 Å². The molecule has 0 aliphatic carbocycles. The number of thiazole rings is 1. The minimum atomic E-state index is -3.63. The molecule has 12 heteroatoms. The number of anilines is 1. The van der Waals surface area contributed by atoms with Crippen LogP contribution >= 0.6 is 11.3 Å². The average Bonchev–Trinajstić information content (AvgIpc) is 3.22. The predicted molar refractivity (Wildman–Crippen MR) is 140 cm³/mol. The summed E-state index contributed by atoms with van der Waals surface area (Å²) in [6.45, 7) is 5.19. The zero-order valence-electron chi connectivity index (χ0n) is 20.4. The molecule has 3 aromatic rings. The van der Waals surface area contributed by atoms with Crippen molar-refractivity contribution in [1.29, 1.82) is 0 Å². The first kappa shape index (κ1) is 27.2. The molecule has 0 bridgehead atoms. The quantitative estimate of drug-likeness (QED) is 0.391. The fourth-order valence-corrected chi connectivity index (χ4v) is 6.67. The largest absolute Gasteiger partial charge is 0.308 e. The molecule has 0 radical (unpaired) electrons. The molecule has 1 aromatic heterocycles. The van der Waals surface area contributed by atoms with Gasteiger partial charge in [-0.2, -0.15) is 4.31 Å². The first-order valence-electron chi connectivity index (χ1n) is 11.1. The van der Waals surface area contributed by atoms with Gasteiger partial charge in [0.05, 0.1) is 20.0 Å². The summed E-state index contributed by atoms with van der Waals surface area (Å²) in [6.07, 6.45) is 1.15. The molecule has 0 atom stereocenters. The molecule has 0 aliphatic rings. The zero-order chi connectivity index (χ0) is 26.0. The lowest BCUT2D eigenvalue weighted by Gasteiger charge is -2.22. The Bertz CT molecular complexity index is 1410. The second-order valence-electron chi connectivity index (χ2n) is 8.27. The van der Waals surface area contributed by atoms with E-state index in [2.05, 4.69) is 4.98 Å². The monoisotopic (exact) mass is 538 g/mol. The molecule has 0 spiro atoms. The number of carbonyl (C=O) groups is 1. The van der Waals surface area contributed by atoms with Crippen LogP contribution in [-0.2, 0) is 19.9 Å². The summed E-state index contributed by atoms with van der Waals surface area (Å²) in [6, 6.07) is 10.6. The van der Waals surface area contributed by atoms with Gasteiger partial charge in [0, 0.05) is 38.0 Å². The van der Waals surface area contributed by atoms with Crippen LogP contribution in [0.2, 0.25) is 0 Å². The second kappa shape index (κ2) is 10.7. The minimum Gasteiger partial charge on any atom is -0.308 e. The van der Waals surface area contributed by atoms with Crippen molar-refractivity contribution in [2.24, 2.45) is 0 Å². The topological polar surface area (TPSA) is 108 Å². The molecule has 1 heterocycles. The van der Waals surface area contributed by atoms with E-state index < -0.39 is 19.9 Å². The van der Waals surface area contributed by atoms with Crippen molar-refractivity contribution in [3.63, 3.8) is 0 Å². The van der Waals surface area contributed by atoms with Crippen molar-refractivity contribution in [2.45, 2.75) is 23.6 Å². The van der Waals surface area contributed by atoms with Crippen LogP contribution in [0.5, 0.6) is 0 Å². The van der Waals surface area contributed by atoms with Crippen LogP contribution in [0.4, 0.5) is 5.13 Å². The van der Waals surface area contributed by atoms with Crippen LogP contribution in [0.3, 0.4) is 0 Å². The Balaban J connectivity index is 1.98. The number of carbonyl (C=O) groups excluding carboxylic acids is 1. The van der Waals surface area contributed by atoms with Gasteiger partial charge in [-0.15, -0.1) is 0 Å². The number of hydrogen-bond acceptors (Lipinski definition) is 8. The number of aromatic nitrogens is 1. The van der Waals surface area contributed by atoms with E-state index in [0.29, 0.717) is 47.1 Å². The molecule has 0 fully saturated rings. The van der Waals surface area contributed by atoms with E-state index in [0.717, 1.165) is 6.26 Å². The van der Waals surface area contributed by atoms with Gasteiger partial charge in [0.2, 0.25) is 10.0 Å². The molecular formula is C23H30N4O5S3. The normalized spacial score (nSPS) is 12.5. The number of likely N-dealkylation sites (N-methyl/N-ethyl adjacent to an activating group) is 1. The number of nitrogens with zero attached hydrogens (tertiary/aromatic N) is 4. The SMILES string of the molecule is CCN(CC)S(=O)(=O)c1ccc(C(=O)N(CCN(C)C)c2nc3ccc(S(C)(=O)=O)cc3s2)cc1. The molecule has 1 amide bonds. The molecule has 0 aliphatic heterocycles. The van der Waals surface area contributed by atoms with Gasteiger partial charge >= 0.3 is 0 Å². The molecule has 3 rings (SSSR count). The molecule has 0 saturated heterocycles. The van der Waals surface area contributed by atoms with Crippen LogP contribution in [0, 0.1) is 0 Å². The summed E-state index contributed by atoms with van der Waals surface area (Å²) < 4.78 is 51.4. The highest BCUT2D eigenvalue weighted by Crippen LogP contribution is 2.31. The maximum Gasteiger partial charge on any atom is 0.260 e. The maximum absolute atomic E-state index is 13.5. The van der Waals surface area contributed by atoms with Crippen LogP contribution < -0.4 is 4.90 Å². The summed E-state index contributed by atoms with van der Waals surface area (Å²) in [4.78, 5) is 21.9. The van der Waals surface area contributed by atoms with Gasteiger partial charge in [0.15, 0.2) is 15.0 Å². The van der Waals surface area contributed by atoms with Gasteiger partial charge < -0.3 is 4.90 Å². The smallest absolute Gasteiger partial charge is 0.260 e. The highest BCUT2D eigenvalue weighted by molar-refractivity contribution is 7.90. The lowest BCUT2D eigenvalue weighted by atomic mass is 10.2. The summed E-state index contributed by atoms with van der Waals surface area (Å²) in [5.41, 5.74) is 0.930. The lowest BCUT2D eigenvalue weighted by molar-refractivity contribution is 0.0985. The first-order valence-corrected chi connectivity index (χ1v) is 15.2. The second-order valence-corrected chi connectivity index (χ2v) is 13.2. The van der Waals surface area contributed by atoms with Gasteiger partial charge in [-0.1, -0.05) is 25.2 Å². The standard InChI is InChI=1S/C23H30N4O5S3/c1-6-26(7-2)35(31,32)18-10-8-17(9-11-18)22(28)27(15-14-25(3)4)23-24-20-13-12-19(34(5,29)30)16-21(20)33-23/h8-13,16H,6-7,14-15H2,1-5H3. The van der Waals surface area contributed by atoms with Gasteiger partial charge in [-0.25, -0.2) is 21.8 Å². The van der Waals surface area contributed by atoms with Crippen LogP contribution in [0.25, 0.3) is 10.2 Å². The Hall–Kier alpha value is -2.38. The summed E-state index contributed by atoms with van der Waals surface area (Å²) in [7, 11) is -3.21.